The van der Waals surface area contributed by atoms with Gasteiger partial charge in [0.05, 0.1) is 12.4 Å². The van der Waals surface area contributed by atoms with Crippen molar-refractivity contribution in [2.45, 2.75) is 25.1 Å². The third-order valence-electron chi connectivity index (χ3n) is 3.91. The topological polar surface area (TPSA) is 41.3 Å². The normalized spacial score (nSPS) is 22.8. The molecule has 3 rings (SSSR count). The number of hydrogen-bond donors (Lipinski definition) is 1. The minimum Gasteiger partial charge on any atom is -0.392 e. The molecule has 1 aliphatic heterocycles. The van der Waals surface area contributed by atoms with E-state index in [-0.39, 0.29) is 6.04 Å². The molecule has 1 saturated heterocycles. The Labute approximate surface area is 121 Å². The molecule has 1 N–H and O–H groups in total. The van der Waals surface area contributed by atoms with Crippen LogP contribution in [0.15, 0.2) is 36.9 Å². The molecule has 2 aromatic rings. The van der Waals surface area contributed by atoms with E-state index in [0.29, 0.717) is 18.5 Å². The average molecular weight is 293 g/mol. The van der Waals surface area contributed by atoms with Gasteiger partial charge in [-0.2, -0.15) is 0 Å². The van der Waals surface area contributed by atoms with Gasteiger partial charge in [-0.15, -0.1) is 0 Å². The first-order valence-electron chi connectivity index (χ1n) is 6.96. The van der Waals surface area contributed by atoms with Crippen LogP contribution >= 0.6 is 0 Å². The van der Waals surface area contributed by atoms with E-state index < -0.39 is 17.7 Å². The van der Waals surface area contributed by atoms with E-state index >= 15 is 0 Å². The fourth-order valence-electron chi connectivity index (χ4n) is 2.86. The predicted molar refractivity (Wildman–Crippen MR) is 73.5 cm³/mol. The zero-order valence-electron chi connectivity index (χ0n) is 11.5. The number of rotatable bonds is 4. The fourth-order valence-corrected chi connectivity index (χ4v) is 2.86. The van der Waals surface area contributed by atoms with Crippen molar-refractivity contribution in [3.63, 3.8) is 0 Å². The third kappa shape index (κ3) is 3.11. The van der Waals surface area contributed by atoms with E-state index in [1.54, 1.807) is 18.6 Å². The summed E-state index contributed by atoms with van der Waals surface area (Å²) in [5, 5.41) is 9.88. The molecule has 4 nitrogen and oxygen atoms in total. The zero-order chi connectivity index (χ0) is 14.8. The van der Waals surface area contributed by atoms with E-state index in [4.69, 9.17) is 0 Å². The second-order valence-electron chi connectivity index (χ2n) is 5.37. The number of halogens is 2. The van der Waals surface area contributed by atoms with Gasteiger partial charge in [0.25, 0.3) is 0 Å². The molecule has 0 spiro atoms. The number of imidazole rings is 1. The maximum atomic E-state index is 13.4. The summed E-state index contributed by atoms with van der Waals surface area (Å²) < 4.78 is 28.4. The summed E-state index contributed by atoms with van der Waals surface area (Å²) in [4.78, 5) is 6.08. The van der Waals surface area contributed by atoms with Crippen LogP contribution in [0.4, 0.5) is 8.78 Å². The van der Waals surface area contributed by atoms with Crippen molar-refractivity contribution in [2.75, 3.05) is 13.1 Å². The smallest absolute Gasteiger partial charge is 0.159 e. The van der Waals surface area contributed by atoms with Gasteiger partial charge in [0, 0.05) is 38.1 Å². The summed E-state index contributed by atoms with van der Waals surface area (Å²) in [7, 11) is 0. The van der Waals surface area contributed by atoms with Crippen molar-refractivity contribution in [3.05, 3.63) is 54.1 Å². The molecular weight excluding hydrogens is 276 g/mol. The van der Waals surface area contributed by atoms with Crippen LogP contribution in [0.5, 0.6) is 0 Å². The molecule has 112 valence electrons. The van der Waals surface area contributed by atoms with Crippen LogP contribution in [0.25, 0.3) is 0 Å². The van der Waals surface area contributed by atoms with Crippen molar-refractivity contribution in [1.82, 2.24) is 14.5 Å². The first kappa shape index (κ1) is 14.2. The molecule has 1 aromatic carbocycles. The lowest BCUT2D eigenvalue weighted by molar-refractivity contribution is 0.173. The lowest BCUT2D eigenvalue weighted by Crippen LogP contribution is -2.28. The van der Waals surface area contributed by atoms with Crippen LogP contribution < -0.4 is 0 Å². The number of aliphatic hydroxyl groups excluding tert-OH is 1. The number of likely N-dealkylation sites (tertiary alicyclic amines) is 1. The Morgan fingerprint density at radius 3 is 2.81 bits per heavy atom. The second-order valence-corrected chi connectivity index (χ2v) is 5.37. The van der Waals surface area contributed by atoms with Gasteiger partial charge in [0.2, 0.25) is 0 Å². The molecule has 1 aliphatic rings. The monoisotopic (exact) mass is 293 g/mol. The Kier molecular flexibility index (Phi) is 3.98. The van der Waals surface area contributed by atoms with Crippen molar-refractivity contribution < 1.29 is 13.9 Å². The lowest BCUT2D eigenvalue weighted by Gasteiger charge is -2.24. The van der Waals surface area contributed by atoms with Gasteiger partial charge in [-0.3, -0.25) is 4.90 Å². The van der Waals surface area contributed by atoms with E-state index in [1.165, 1.54) is 6.07 Å². The number of aliphatic hydroxyl groups is 1. The number of nitrogens with zero attached hydrogens (tertiary/aromatic N) is 3. The molecule has 1 fully saturated rings. The van der Waals surface area contributed by atoms with Crippen molar-refractivity contribution >= 4 is 0 Å². The van der Waals surface area contributed by atoms with Crippen LogP contribution in [-0.4, -0.2) is 38.8 Å². The van der Waals surface area contributed by atoms with Gasteiger partial charge in [0.1, 0.15) is 0 Å². The van der Waals surface area contributed by atoms with Gasteiger partial charge in [0.15, 0.2) is 11.6 Å². The van der Waals surface area contributed by atoms with Crippen molar-refractivity contribution in [3.8, 4) is 0 Å². The molecule has 2 heterocycles. The summed E-state index contributed by atoms with van der Waals surface area (Å²) in [5.74, 6) is -1.69. The van der Waals surface area contributed by atoms with Crippen molar-refractivity contribution in [1.29, 1.82) is 0 Å². The minimum absolute atomic E-state index is 0.0846. The van der Waals surface area contributed by atoms with Crippen LogP contribution in [0.1, 0.15) is 18.0 Å². The highest BCUT2D eigenvalue weighted by atomic mass is 19.2. The van der Waals surface area contributed by atoms with Gasteiger partial charge in [-0.25, -0.2) is 13.8 Å². The van der Waals surface area contributed by atoms with E-state index in [0.717, 1.165) is 19.2 Å². The summed E-state index contributed by atoms with van der Waals surface area (Å²) in [6.07, 6.45) is 5.42. The lowest BCUT2D eigenvalue weighted by atomic mass is 10.0. The van der Waals surface area contributed by atoms with Crippen LogP contribution in [0.3, 0.4) is 0 Å². The summed E-state index contributed by atoms with van der Waals surface area (Å²) in [6.45, 7) is 2.00. The zero-order valence-corrected chi connectivity index (χ0v) is 11.5. The number of hydrogen-bond acceptors (Lipinski definition) is 3. The number of benzene rings is 1. The Hall–Kier alpha value is -1.79. The van der Waals surface area contributed by atoms with E-state index in [9.17, 15) is 13.9 Å². The van der Waals surface area contributed by atoms with Crippen LogP contribution in [0.2, 0.25) is 0 Å². The molecule has 0 aliphatic carbocycles. The molecule has 0 saturated carbocycles. The quantitative estimate of drug-likeness (QED) is 0.937. The van der Waals surface area contributed by atoms with Gasteiger partial charge in [-0.1, -0.05) is 6.07 Å². The number of aromatic nitrogens is 2. The molecule has 0 amide bonds. The molecule has 0 unspecified atom stereocenters. The van der Waals surface area contributed by atoms with E-state index in [1.807, 2.05) is 10.8 Å². The summed E-state index contributed by atoms with van der Waals surface area (Å²) in [6, 6.07) is 3.87. The Morgan fingerprint density at radius 2 is 2.10 bits per heavy atom. The number of β-amino-alcohol motifs (C(OH)–C–C–N with tert-alkyl or cyclic N) is 1. The Bertz CT molecular complexity index is 603. The van der Waals surface area contributed by atoms with Crippen molar-refractivity contribution in [2.24, 2.45) is 0 Å². The molecule has 2 atom stereocenters. The highest BCUT2D eigenvalue weighted by Gasteiger charge is 2.32. The maximum Gasteiger partial charge on any atom is 0.159 e. The van der Waals surface area contributed by atoms with E-state index in [2.05, 4.69) is 9.88 Å². The molecule has 0 bridgehead atoms. The largest absolute Gasteiger partial charge is 0.392 e. The van der Waals surface area contributed by atoms with Gasteiger partial charge >= 0.3 is 0 Å². The molecule has 0 radical (unpaired) electrons. The molecule has 21 heavy (non-hydrogen) atoms. The van der Waals surface area contributed by atoms with Crippen LogP contribution in [-0.2, 0) is 6.54 Å². The van der Waals surface area contributed by atoms with Crippen LogP contribution in [0, 0.1) is 11.6 Å². The summed E-state index contributed by atoms with van der Waals surface area (Å²) in [5.41, 5.74) is 0.705. The molecular formula is C15H17F2N3O. The van der Waals surface area contributed by atoms with Gasteiger partial charge in [-0.05, 0) is 24.1 Å². The predicted octanol–water partition coefficient (Wildman–Crippen LogP) is 1.97. The Balaban J connectivity index is 1.73. The highest BCUT2D eigenvalue weighted by Crippen LogP contribution is 2.32. The molecule has 1 aromatic heterocycles. The summed E-state index contributed by atoms with van der Waals surface area (Å²) >= 11 is 0. The standard InChI is InChI=1S/C15H17F2N3O/c16-13-2-1-11(7-14(13)17)15-8-12(21)9-20(15)6-5-19-4-3-18-10-19/h1-4,7,10,12,15,21H,5-6,8-9H2/t12-,15-/m1/s1. The fraction of sp³-hybridized carbons (Fsp3) is 0.400. The third-order valence-corrected chi connectivity index (χ3v) is 3.91. The first-order chi connectivity index (χ1) is 10.1. The van der Waals surface area contributed by atoms with Gasteiger partial charge < -0.3 is 9.67 Å². The second kappa shape index (κ2) is 5.91. The maximum absolute atomic E-state index is 13.4. The average Bonchev–Trinajstić information content (AvgIpc) is 3.09. The molecule has 6 heteroatoms. The Morgan fingerprint density at radius 1 is 1.24 bits per heavy atom. The SMILES string of the molecule is O[C@@H]1C[C@H](c2ccc(F)c(F)c2)N(CCn2ccnc2)C1. The minimum atomic E-state index is -0.845. The highest BCUT2D eigenvalue weighted by molar-refractivity contribution is 5.22. The first-order valence-corrected chi connectivity index (χ1v) is 6.96.